The Kier molecular flexibility index (Phi) is 6.86. The van der Waals surface area contributed by atoms with E-state index in [-0.39, 0.29) is 0 Å². The number of pyridine rings is 1. The van der Waals surface area contributed by atoms with Crippen molar-refractivity contribution >= 4 is 35.1 Å². The zero-order valence-electron chi connectivity index (χ0n) is 15.0. The van der Waals surface area contributed by atoms with Gasteiger partial charge in [0.25, 0.3) is 0 Å². The van der Waals surface area contributed by atoms with Crippen LogP contribution < -0.4 is 4.74 Å². The molecule has 1 heterocycles. The van der Waals surface area contributed by atoms with Gasteiger partial charge in [0.1, 0.15) is 5.75 Å². The summed E-state index contributed by atoms with van der Waals surface area (Å²) >= 11 is 12.0. The van der Waals surface area contributed by atoms with Crippen molar-refractivity contribution in [1.29, 1.82) is 0 Å². The average Bonchev–Trinajstić information content (AvgIpc) is 2.67. The third-order valence-corrected chi connectivity index (χ3v) is 4.45. The summed E-state index contributed by atoms with van der Waals surface area (Å²) in [6.07, 6.45) is 5.48. The first-order valence-electron chi connectivity index (χ1n) is 8.79. The second-order valence-electron chi connectivity index (χ2n) is 6.06. The second-order valence-corrected chi connectivity index (χ2v) is 6.94. The zero-order chi connectivity index (χ0) is 19.1. The third-order valence-electron chi connectivity index (χ3n) is 4.01. The fourth-order valence-electron chi connectivity index (χ4n) is 2.50. The van der Waals surface area contributed by atoms with Gasteiger partial charge in [-0.3, -0.25) is 9.98 Å². The molecule has 3 rings (SSSR count). The first kappa shape index (κ1) is 19.4. The predicted octanol–water partition coefficient (Wildman–Crippen LogP) is 6.32. The van der Waals surface area contributed by atoms with Crippen molar-refractivity contribution < 1.29 is 4.74 Å². The molecule has 0 atom stereocenters. The third kappa shape index (κ3) is 6.09. The number of aromatic nitrogens is 1. The van der Waals surface area contributed by atoms with Crippen LogP contribution in [-0.2, 0) is 12.8 Å². The first-order valence-corrected chi connectivity index (χ1v) is 9.55. The van der Waals surface area contributed by atoms with E-state index in [1.807, 2.05) is 30.5 Å². The molecule has 0 radical (unpaired) electrons. The lowest BCUT2D eigenvalue weighted by molar-refractivity contribution is 0.320. The predicted molar refractivity (Wildman–Crippen MR) is 113 cm³/mol. The molecular weight excluding hydrogens is 379 g/mol. The molecule has 0 saturated carbocycles. The Balaban J connectivity index is 1.52. The van der Waals surface area contributed by atoms with E-state index in [0.717, 1.165) is 35.5 Å². The molecule has 3 aromatic rings. The SMILES string of the molecule is CCc1ccc(CCOc2ccc(C=Nc3cc(Cl)cc(Cl)c3)cc2)nc1. The summed E-state index contributed by atoms with van der Waals surface area (Å²) in [5.41, 5.74) is 3.97. The number of hydrogen-bond acceptors (Lipinski definition) is 3. The van der Waals surface area contributed by atoms with Crippen LogP contribution in [0.3, 0.4) is 0 Å². The van der Waals surface area contributed by atoms with Crippen LogP contribution in [0.4, 0.5) is 5.69 Å². The summed E-state index contributed by atoms with van der Waals surface area (Å²) in [4.78, 5) is 8.84. The Morgan fingerprint density at radius 2 is 1.74 bits per heavy atom. The van der Waals surface area contributed by atoms with Gasteiger partial charge in [0.15, 0.2) is 0 Å². The second kappa shape index (κ2) is 9.54. The van der Waals surface area contributed by atoms with Crippen molar-refractivity contribution in [1.82, 2.24) is 4.98 Å². The molecule has 5 heteroatoms. The molecule has 27 heavy (non-hydrogen) atoms. The molecule has 138 valence electrons. The van der Waals surface area contributed by atoms with Gasteiger partial charge in [-0.05, 0) is 66.1 Å². The summed E-state index contributed by atoms with van der Waals surface area (Å²) in [6.45, 7) is 2.71. The van der Waals surface area contributed by atoms with E-state index in [4.69, 9.17) is 27.9 Å². The van der Waals surface area contributed by atoms with Crippen molar-refractivity contribution in [3.63, 3.8) is 0 Å². The topological polar surface area (TPSA) is 34.5 Å². The molecule has 0 aliphatic carbocycles. The number of rotatable bonds is 7. The van der Waals surface area contributed by atoms with E-state index in [2.05, 4.69) is 29.0 Å². The fourth-order valence-corrected chi connectivity index (χ4v) is 3.01. The van der Waals surface area contributed by atoms with Crippen molar-refractivity contribution in [3.05, 3.63) is 87.7 Å². The Labute approximate surface area is 169 Å². The maximum Gasteiger partial charge on any atom is 0.119 e. The van der Waals surface area contributed by atoms with Crippen LogP contribution in [0.15, 0.2) is 65.8 Å². The molecule has 3 nitrogen and oxygen atoms in total. The van der Waals surface area contributed by atoms with Crippen LogP contribution in [0.25, 0.3) is 0 Å². The van der Waals surface area contributed by atoms with Gasteiger partial charge in [0.05, 0.1) is 12.3 Å². The molecule has 0 aliphatic rings. The zero-order valence-corrected chi connectivity index (χ0v) is 16.5. The molecule has 0 unspecified atom stereocenters. The minimum atomic E-state index is 0.567. The number of benzene rings is 2. The number of aliphatic imine (C=N–C) groups is 1. The van der Waals surface area contributed by atoms with E-state index in [9.17, 15) is 0 Å². The molecule has 1 aromatic heterocycles. The van der Waals surface area contributed by atoms with Crippen LogP contribution in [0, 0.1) is 0 Å². The lowest BCUT2D eigenvalue weighted by atomic mass is 10.2. The highest BCUT2D eigenvalue weighted by Crippen LogP contribution is 2.24. The van der Waals surface area contributed by atoms with Crippen molar-refractivity contribution in [2.24, 2.45) is 4.99 Å². The number of nitrogens with zero attached hydrogens (tertiary/aromatic N) is 2. The lowest BCUT2D eigenvalue weighted by Crippen LogP contribution is -2.03. The van der Waals surface area contributed by atoms with Crippen LogP contribution in [0.1, 0.15) is 23.7 Å². The highest BCUT2D eigenvalue weighted by molar-refractivity contribution is 6.35. The van der Waals surface area contributed by atoms with Crippen LogP contribution in [-0.4, -0.2) is 17.8 Å². The molecule has 0 spiro atoms. The smallest absolute Gasteiger partial charge is 0.119 e. The Bertz CT molecular complexity index is 886. The minimum absolute atomic E-state index is 0.567. The average molecular weight is 399 g/mol. The number of halogens is 2. The highest BCUT2D eigenvalue weighted by Gasteiger charge is 1.99. The molecule has 0 saturated heterocycles. The Morgan fingerprint density at radius 3 is 2.37 bits per heavy atom. The molecule has 0 N–H and O–H groups in total. The maximum atomic E-state index is 5.98. The molecule has 0 aliphatic heterocycles. The van der Waals surface area contributed by atoms with Crippen LogP contribution in [0.5, 0.6) is 5.75 Å². The van der Waals surface area contributed by atoms with Gasteiger partial charge in [0.2, 0.25) is 0 Å². The van der Waals surface area contributed by atoms with Gasteiger partial charge in [-0.2, -0.15) is 0 Å². The Hall–Kier alpha value is -2.36. The monoisotopic (exact) mass is 398 g/mol. The van der Waals surface area contributed by atoms with Gasteiger partial charge >= 0.3 is 0 Å². The van der Waals surface area contributed by atoms with Crippen molar-refractivity contribution in [2.75, 3.05) is 6.61 Å². The van der Waals surface area contributed by atoms with E-state index >= 15 is 0 Å². The van der Waals surface area contributed by atoms with Crippen molar-refractivity contribution in [3.8, 4) is 5.75 Å². The van der Waals surface area contributed by atoms with Gasteiger partial charge in [-0.25, -0.2) is 0 Å². The minimum Gasteiger partial charge on any atom is -0.493 e. The van der Waals surface area contributed by atoms with Gasteiger partial charge in [-0.1, -0.05) is 36.2 Å². The number of ether oxygens (including phenoxy) is 1. The highest BCUT2D eigenvalue weighted by atomic mass is 35.5. The maximum absolute atomic E-state index is 5.98. The van der Waals surface area contributed by atoms with Crippen LogP contribution in [0.2, 0.25) is 10.0 Å². The van der Waals surface area contributed by atoms with E-state index < -0.39 is 0 Å². The molecular formula is C22H20Cl2N2O. The standard InChI is InChI=1S/C22H20Cl2N2O/c1-2-16-3-6-20(25-14-16)9-10-27-22-7-4-17(5-8-22)15-26-21-12-18(23)11-19(24)13-21/h3-8,11-15H,2,9-10H2,1H3. The molecule has 0 amide bonds. The molecule has 2 aromatic carbocycles. The first-order chi connectivity index (χ1) is 13.1. The lowest BCUT2D eigenvalue weighted by Gasteiger charge is -2.06. The normalized spacial score (nSPS) is 11.1. The van der Waals surface area contributed by atoms with Crippen LogP contribution >= 0.6 is 23.2 Å². The van der Waals surface area contributed by atoms with Gasteiger partial charge in [0, 0.05) is 34.6 Å². The molecule has 0 fully saturated rings. The van der Waals surface area contributed by atoms with Gasteiger partial charge in [-0.15, -0.1) is 0 Å². The summed E-state index contributed by atoms with van der Waals surface area (Å²) < 4.78 is 5.80. The number of hydrogen-bond donors (Lipinski definition) is 0. The van der Waals surface area contributed by atoms with E-state index in [0.29, 0.717) is 16.7 Å². The summed E-state index contributed by atoms with van der Waals surface area (Å²) in [7, 11) is 0. The van der Waals surface area contributed by atoms with E-state index in [1.54, 1.807) is 24.4 Å². The summed E-state index contributed by atoms with van der Waals surface area (Å²) in [5.74, 6) is 0.822. The fraction of sp³-hybridized carbons (Fsp3) is 0.182. The number of aryl methyl sites for hydroxylation is 1. The molecule has 0 bridgehead atoms. The quantitative estimate of drug-likeness (QED) is 0.436. The Morgan fingerprint density at radius 1 is 1.00 bits per heavy atom. The summed E-state index contributed by atoms with van der Waals surface area (Å²) in [6, 6.07) is 17.2. The van der Waals surface area contributed by atoms with Crippen molar-refractivity contribution in [2.45, 2.75) is 19.8 Å². The van der Waals surface area contributed by atoms with E-state index in [1.165, 1.54) is 5.56 Å². The van der Waals surface area contributed by atoms with Gasteiger partial charge < -0.3 is 4.74 Å². The summed E-state index contributed by atoms with van der Waals surface area (Å²) in [5, 5.41) is 1.13. The largest absolute Gasteiger partial charge is 0.493 e.